The first kappa shape index (κ1) is 7.21. The highest BCUT2D eigenvalue weighted by Gasteiger charge is 2.31. The second-order valence-corrected chi connectivity index (χ2v) is 2.27. The lowest BCUT2D eigenvalue weighted by Gasteiger charge is -2.20. The van der Waals surface area contributed by atoms with Gasteiger partial charge in [0.05, 0.1) is 0 Å². The highest BCUT2D eigenvalue weighted by molar-refractivity contribution is 5.93. The highest BCUT2D eigenvalue weighted by atomic mass is 16.6. The van der Waals surface area contributed by atoms with E-state index < -0.39 is 18.2 Å². The molecular weight excluding hydrogens is 136 g/mol. The highest BCUT2D eigenvalue weighted by Crippen LogP contribution is 2.10. The fourth-order valence-corrected chi connectivity index (χ4v) is 0.758. The van der Waals surface area contributed by atoms with Gasteiger partial charge in [-0.05, 0) is 6.92 Å². The van der Waals surface area contributed by atoms with Gasteiger partial charge in [0.2, 0.25) is 0 Å². The van der Waals surface area contributed by atoms with Crippen molar-refractivity contribution in [3.8, 4) is 0 Å². The molecule has 1 aliphatic rings. The molecule has 1 aliphatic heterocycles. The van der Waals surface area contributed by atoms with Gasteiger partial charge in [-0.25, -0.2) is 4.79 Å². The quantitative estimate of drug-likeness (QED) is 0.454. The zero-order valence-corrected chi connectivity index (χ0v) is 5.53. The van der Waals surface area contributed by atoms with Crippen LogP contribution in [-0.4, -0.2) is 29.1 Å². The maximum atomic E-state index is 10.7. The molecule has 4 heteroatoms. The van der Waals surface area contributed by atoms with Crippen LogP contribution < -0.4 is 0 Å². The lowest BCUT2D eigenvalue weighted by Crippen LogP contribution is -2.39. The van der Waals surface area contributed by atoms with Crippen molar-refractivity contribution in [1.29, 1.82) is 0 Å². The van der Waals surface area contributed by atoms with Crippen molar-refractivity contribution in [2.75, 3.05) is 0 Å². The molecule has 56 valence electrons. The van der Waals surface area contributed by atoms with E-state index in [4.69, 9.17) is 5.11 Å². The van der Waals surface area contributed by atoms with E-state index in [0.29, 0.717) is 0 Å². The van der Waals surface area contributed by atoms with Crippen molar-refractivity contribution in [2.45, 2.75) is 25.6 Å². The van der Waals surface area contributed by atoms with Crippen LogP contribution in [-0.2, 0) is 14.3 Å². The summed E-state index contributed by atoms with van der Waals surface area (Å²) in [6.45, 7) is 1.49. The molecule has 0 bridgehead atoms. The number of esters is 1. The molecule has 1 saturated heterocycles. The summed E-state index contributed by atoms with van der Waals surface area (Å²) in [7, 11) is 0. The number of rotatable bonds is 0. The zero-order chi connectivity index (χ0) is 7.72. The Morgan fingerprint density at radius 2 is 2.20 bits per heavy atom. The first-order valence-electron chi connectivity index (χ1n) is 3.02. The minimum Gasteiger partial charge on any atom is -0.453 e. The van der Waals surface area contributed by atoms with E-state index in [9.17, 15) is 9.59 Å². The molecule has 0 spiro atoms. The number of aliphatic hydroxyl groups excluding tert-OH is 1. The number of carbonyl (C=O) groups excluding carboxylic acids is 2. The summed E-state index contributed by atoms with van der Waals surface area (Å²) < 4.78 is 4.47. The second-order valence-electron chi connectivity index (χ2n) is 2.27. The van der Waals surface area contributed by atoms with E-state index in [1.807, 2.05) is 0 Å². The van der Waals surface area contributed by atoms with Gasteiger partial charge in [-0.2, -0.15) is 0 Å². The van der Waals surface area contributed by atoms with Crippen LogP contribution in [0.25, 0.3) is 0 Å². The van der Waals surface area contributed by atoms with Crippen molar-refractivity contribution in [2.24, 2.45) is 0 Å². The molecule has 1 fully saturated rings. The van der Waals surface area contributed by atoms with Gasteiger partial charge < -0.3 is 9.84 Å². The summed E-state index contributed by atoms with van der Waals surface area (Å²) in [5.41, 5.74) is 0. The first-order chi connectivity index (χ1) is 4.61. The monoisotopic (exact) mass is 144 g/mol. The van der Waals surface area contributed by atoms with Crippen molar-refractivity contribution >= 4 is 11.8 Å². The summed E-state index contributed by atoms with van der Waals surface area (Å²) >= 11 is 0. The number of aliphatic hydroxyl groups is 1. The van der Waals surface area contributed by atoms with Gasteiger partial charge in [0, 0.05) is 6.42 Å². The first-order valence-corrected chi connectivity index (χ1v) is 3.02. The summed E-state index contributed by atoms with van der Waals surface area (Å²) in [5, 5.41) is 8.77. The van der Waals surface area contributed by atoms with Gasteiger partial charge in [0.15, 0.2) is 18.0 Å². The number of carbonyl (C=O) groups is 2. The molecule has 0 aliphatic carbocycles. The molecule has 0 saturated carbocycles. The predicted octanol–water partition coefficient (Wildman–Crippen LogP) is -0.748. The van der Waals surface area contributed by atoms with E-state index in [0.717, 1.165) is 0 Å². The molecule has 2 atom stereocenters. The Morgan fingerprint density at radius 3 is 2.70 bits per heavy atom. The van der Waals surface area contributed by atoms with E-state index in [2.05, 4.69) is 4.74 Å². The summed E-state index contributed by atoms with van der Waals surface area (Å²) in [6.07, 6.45) is -2.04. The standard InChI is InChI=1S/C6H8O4/c1-3-4(7)2-5(8)6(9)10-3/h3,5,8H,2H2,1H3. The normalized spacial score (nSPS) is 33.8. The molecule has 0 aromatic carbocycles. The molecule has 0 aromatic heterocycles. The molecule has 0 aromatic rings. The van der Waals surface area contributed by atoms with Crippen LogP contribution in [0, 0.1) is 0 Å². The Balaban J connectivity index is 2.63. The van der Waals surface area contributed by atoms with Crippen LogP contribution in [0.1, 0.15) is 13.3 Å². The average molecular weight is 144 g/mol. The van der Waals surface area contributed by atoms with Crippen LogP contribution in [0.2, 0.25) is 0 Å². The summed E-state index contributed by atoms with van der Waals surface area (Å²) in [6, 6.07) is 0. The van der Waals surface area contributed by atoms with Crippen molar-refractivity contribution in [3.63, 3.8) is 0 Å². The number of hydrogen-bond donors (Lipinski definition) is 1. The third kappa shape index (κ3) is 1.16. The molecule has 1 heterocycles. The molecular formula is C6H8O4. The van der Waals surface area contributed by atoms with Crippen molar-refractivity contribution in [1.82, 2.24) is 0 Å². The predicted molar refractivity (Wildman–Crippen MR) is 31.2 cm³/mol. The fourth-order valence-electron chi connectivity index (χ4n) is 0.758. The Morgan fingerprint density at radius 1 is 1.60 bits per heavy atom. The van der Waals surface area contributed by atoms with Gasteiger partial charge in [0.1, 0.15) is 0 Å². The van der Waals surface area contributed by atoms with Crippen LogP contribution in [0.15, 0.2) is 0 Å². The van der Waals surface area contributed by atoms with Gasteiger partial charge in [-0.1, -0.05) is 0 Å². The third-order valence-corrected chi connectivity index (χ3v) is 1.41. The van der Waals surface area contributed by atoms with E-state index in [1.54, 1.807) is 0 Å². The van der Waals surface area contributed by atoms with Crippen LogP contribution >= 0.6 is 0 Å². The van der Waals surface area contributed by atoms with Crippen molar-refractivity contribution in [3.05, 3.63) is 0 Å². The van der Waals surface area contributed by atoms with E-state index in [1.165, 1.54) is 6.92 Å². The summed E-state index contributed by atoms with van der Waals surface area (Å²) in [4.78, 5) is 21.2. The summed E-state index contributed by atoms with van der Waals surface area (Å²) in [5.74, 6) is -0.931. The lowest BCUT2D eigenvalue weighted by molar-refractivity contribution is -0.170. The molecule has 0 radical (unpaired) electrons. The number of cyclic esters (lactones) is 1. The van der Waals surface area contributed by atoms with E-state index in [-0.39, 0.29) is 12.2 Å². The molecule has 2 unspecified atom stereocenters. The third-order valence-electron chi connectivity index (χ3n) is 1.41. The lowest BCUT2D eigenvalue weighted by atomic mass is 10.1. The van der Waals surface area contributed by atoms with Crippen molar-refractivity contribution < 1.29 is 19.4 Å². The van der Waals surface area contributed by atoms with Crippen LogP contribution in [0.5, 0.6) is 0 Å². The van der Waals surface area contributed by atoms with Gasteiger partial charge in [0.25, 0.3) is 0 Å². The Hall–Kier alpha value is -0.900. The topological polar surface area (TPSA) is 63.6 Å². The smallest absolute Gasteiger partial charge is 0.336 e. The Kier molecular flexibility index (Phi) is 1.72. The maximum absolute atomic E-state index is 10.7. The maximum Gasteiger partial charge on any atom is 0.336 e. The van der Waals surface area contributed by atoms with E-state index >= 15 is 0 Å². The van der Waals surface area contributed by atoms with Crippen LogP contribution in [0.3, 0.4) is 0 Å². The van der Waals surface area contributed by atoms with Gasteiger partial charge in [-0.15, -0.1) is 0 Å². The Labute approximate surface area is 57.8 Å². The number of hydrogen-bond acceptors (Lipinski definition) is 4. The molecule has 0 amide bonds. The van der Waals surface area contributed by atoms with Gasteiger partial charge >= 0.3 is 5.97 Å². The molecule has 4 nitrogen and oxygen atoms in total. The number of ether oxygens (including phenoxy) is 1. The average Bonchev–Trinajstić information content (AvgIpc) is 1.84. The minimum absolute atomic E-state index is 0.111. The zero-order valence-electron chi connectivity index (χ0n) is 5.53. The SMILES string of the molecule is CC1OC(=O)C(O)CC1=O. The molecule has 1 N–H and O–H groups in total. The second kappa shape index (κ2) is 2.38. The number of ketones is 1. The minimum atomic E-state index is -1.25. The molecule has 1 rings (SSSR count). The molecule has 10 heavy (non-hydrogen) atoms. The number of Topliss-reactive ketones (excluding diaryl/α,β-unsaturated/α-hetero) is 1. The largest absolute Gasteiger partial charge is 0.453 e. The fraction of sp³-hybridized carbons (Fsp3) is 0.667. The van der Waals surface area contributed by atoms with Crippen LogP contribution in [0.4, 0.5) is 0 Å². The van der Waals surface area contributed by atoms with Gasteiger partial charge in [-0.3, -0.25) is 4.79 Å². The Bertz CT molecular complexity index is 155.